The minimum atomic E-state index is -0.466. The van der Waals surface area contributed by atoms with Crippen molar-refractivity contribution in [3.8, 4) is 5.75 Å². The van der Waals surface area contributed by atoms with Crippen LogP contribution in [-0.2, 0) is 0 Å². The zero-order chi connectivity index (χ0) is 13.7. The number of amides is 1. The van der Waals surface area contributed by atoms with Crippen LogP contribution >= 0.6 is 0 Å². The number of anilines is 1. The van der Waals surface area contributed by atoms with Crippen LogP contribution in [0.15, 0.2) is 24.8 Å². The first-order valence-corrected chi connectivity index (χ1v) is 5.81. The number of aryl methyl sites for hydroxylation is 2. The smallest absolute Gasteiger partial charge is 0.410 e. The molecule has 0 radical (unpaired) electrons. The highest BCUT2D eigenvalue weighted by atomic mass is 16.6. The number of rotatable bonds is 4. The van der Waals surface area contributed by atoms with E-state index in [1.807, 2.05) is 45.0 Å². The largest absolute Gasteiger partial charge is 0.412 e. The van der Waals surface area contributed by atoms with Crippen LogP contribution in [0.5, 0.6) is 5.75 Å². The first-order valence-electron chi connectivity index (χ1n) is 5.81. The molecule has 0 fully saturated rings. The molecule has 4 heteroatoms. The molecule has 0 unspecified atom stereocenters. The number of carbonyl (C=O) groups is 1. The van der Waals surface area contributed by atoms with Crippen molar-refractivity contribution in [2.75, 3.05) is 25.5 Å². The Kier molecular flexibility index (Phi) is 4.77. The van der Waals surface area contributed by atoms with Gasteiger partial charge in [-0.25, -0.2) is 4.79 Å². The Bertz CT molecular complexity index is 430. The number of benzene rings is 1. The maximum atomic E-state index is 11.4. The van der Waals surface area contributed by atoms with E-state index in [9.17, 15) is 4.79 Å². The monoisotopic (exact) mass is 248 g/mol. The van der Waals surface area contributed by atoms with Gasteiger partial charge in [-0.3, -0.25) is 0 Å². The van der Waals surface area contributed by atoms with Gasteiger partial charge in [0.05, 0.1) is 0 Å². The number of nitrogens with one attached hydrogen (secondary N) is 1. The molecule has 1 aromatic rings. The zero-order valence-electron chi connectivity index (χ0n) is 11.4. The summed E-state index contributed by atoms with van der Waals surface area (Å²) in [7, 11) is 3.99. The normalized spacial score (nSPS) is 9.78. The summed E-state index contributed by atoms with van der Waals surface area (Å²) in [6.45, 7) is 7.91. The molecule has 1 rings (SSSR count). The summed E-state index contributed by atoms with van der Waals surface area (Å²) >= 11 is 0. The number of nitrogens with zero attached hydrogens (tertiary/aromatic N) is 1. The quantitative estimate of drug-likeness (QED) is 0.833. The summed E-state index contributed by atoms with van der Waals surface area (Å²) in [6, 6.07) is 3.71. The number of hydrogen-bond acceptors (Lipinski definition) is 3. The van der Waals surface area contributed by atoms with Crippen molar-refractivity contribution in [2.45, 2.75) is 13.8 Å². The molecular weight excluding hydrogens is 228 g/mol. The number of hydrogen-bond donors (Lipinski definition) is 1. The Morgan fingerprint density at radius 3 is 2.39 bits per heavy atom. The molecule has 0 atom stereocenters. The third-order valence-electron chi connectivity index (χ3n) is 2.51. The fourth-order valence-electron chi connectivity index (χ4n) is 1.98. The highest BCUT2D eigenvalue weighted by Gasteiger charge is 2.09. The van der Waals surface area contributed by atoms with Gasteiger partial charge < -0.3 is 15.0 Å². The Hall–Kier alpha value is -1.97. The molecule has 1 aromatic carbocycles. The molecule has 18 heavy (non-hydrogen) atoms. The molecule has 0 aliphatic rings. The van der Waals surface area contributed by atoms with E-state index in [-0.39, 0.29) is 0 Å². The number of ether oxygens (including phenoxy) is 1. The van der Waals surface area contributed by atoms with Gasteiger partial charge in [-0.2, -0.15) is 0 Å². The molecule has 0 bridgehead atoms. The second-order valence-corrected chi connectivity index (χ2v) is 4.36. The van der Waals surface area contributed by atoms with E-state index in [0.717, 1.165) is 16.8 Å². The lowest BCUT2D eigenvalue weighted by atomic mass is 10.1. The first kappa shape index (κ1) is 14.1. The Morgan fingerprint density at radius 2 is 1.94 bits per heavy atom. The predicted octanol–water partition coefficient (Wildman–Crippen LogP) is 2.64. The topological polar surface area (TPSA) is 41.6 Å². The molecule has 0 saturated heterocycles. The van der Waals surface area contributed by atoms with Crippen LogP contribution in [0.25, 0.3) is 0 Å². The van der Waals surface area contributed by atoms with Gasteiger partial charge in [0.1, 0.15) is 5.75 Å². The lowest BCUT2D eigenvalue weighted by Crippen LogP contribution is -2.26. The van der Waals surface area contributed by atoms with Crippen molar-refractivity contribution in [1.29, 1.82) is 0 Å². The van der Waals surface area contributed by atoms with Crippen LogP contribution in [-0.4, -0.2) is 26.7 Å². The van der Waals surface area contributed by atoms with Crippen molar-refractivity contribution >= 4 is 11.8 Å². The fourth-order valence-corrected chi connectivity index (χ4v) is 1.98. The van der Waals surface area contributed by atoms with Crippen LogP contribution in [0.3, 0.4) is 0 Å². The van der Waals surface area contributed by atoms with Gasteiger partial charge in [0.15, 0.2) is 0 Å². The second kappa shape index (κ2) is 6.10. The van der Waals surface area contributed by atoms with Gasteiger partial charge in [0.2, 0.25) is 0 Å². The number of carbonyl (C=O) groups excluding carboxylic acids is 1. The van der Waals surface area contributed by atoms with Crippen LogP contribution in [0.1, 0.15) is 11.1 Å². The lowest BCUT2D eigenvalue weighted by molar-refractivity contribution is 0.201. The van der Waals surface area contributed by atoms with Gasteiger partial charge in [0.25, 0.3) is 0 Å². The molecule has 0 aliphatic heterocycles. The molecule has 0 saturated carbocycles. The minimum absolute atomic E-state index is 0.395. The third kappa shape index (κ3) is 3.52. The highest BCUT2D eigenvalue weighted by Crippen LogP contribution is 2.28. The van der Waals surface area contributed by atoms with Crippen molar-refractivity contribution in [3.05, 3.63) is 35.9 Å². The first-order chi connectivity index (χ1) is 8.45. The van der Waals surface area contributed by atoms with Crippen LogP contribution in [0, 0.1) is 13.8 Å². The van der Waals surface area contributed by atoms with E-state index < -0.39 is 6.09 Å². The highest BCUT2D eigenvalue weighted by molar-refractivity contribution is 5.71. The van der Waals surface area contributed by atoms with Crippen molar-refractivity contribution in [3.63, 3.8) is 0 Å². The molecule has 98 valence electrons. The van der Waals surface area contributed by atoms with E-state index in [1.54, 1.807) is 6.08 Å². The van der Waals surface area contributed by atoms with E-state index in [2.05, 4.69) is 11.9 Å². The maximum Gasteiger partial charge on any atom is 0.412 e. The maximum absolute atomic E-state index is 11.4. The molecular formula is C14H20N2O2. The zero-order valence-corrected chi connectivity index (χ0v) is 11.4. The van der Waals surface area contributed by atoms with E-state index >= 15 is 0 Å². The van der Waals surface area contributed by atoms with Gasteiger partial charge in [0, 0.05) is 26.3 Å². The van der Waals surface area contributed by atoms with E-state index in [4.69, 9.17) is 4.74 Å². The third-order valence-corrected chi connectivity index (χ3v) is 2.51. The summed E-state index contributed by atoms with van der Waals surface area (Å²) in [5.74, 6) is 0.553. The summed E-state index contributed by atoms with van der Waals surface area (Å²) < 4.78 is 5.20. The fraction of sp³-hybridized carbons (Fsp3) is 0.357. The van der Waals surface area contributed by atoms with Gasteiger partial charge in [-0.1, -0.05) is 6.08 Å². The van der Waals surface area contributed by atoms with Crippen LogP contribution in [0.4, 0.5) is 10.5 Å². The minimum Gasteiger partial charge on any atom is -0.410 e. The Morgan fingerprint density at radius 1 is 1.39 bits per heavy atom. The van der Waals surface area contributed by atoms with Gasteiger partial charge >= 0.3 is 6.09 Å². The van der Waals surface area contributed by atoms with Crippen molar-refractivity contribution in [2.24, 2.45) is 0 Å². The van der Waals surface area contributed by atoms with Crippen molar-refractivity contribution in [1.82, 2.24) is 5.32 Å². The summed E-state index contributed by atoms with van der Waals surface area (Å²) in [4.78, 5) is 13.5. The lowest BCUT2D eigenvalue weighted by Gasteiger charge is -2.19. The Labute approximate surface area is 108 Å². The van der Waals surface area contributed by atoms with Crippen LogP contribution < -0.4 is 15.0 Å². The molecule has 0 heterocycles. The molecule has 1 N–H and O–H groups in total. The SMILES string of the molecule is C=CCNC(=O)Oc1cc(C)c(N(C)C)c(C)c1. The summed E-state index contributed by atoms with van der Waals surface area (Å²) in [5.41, 5.74) is 3.30. The average Bonchev–Trinajstić information content (AvgIpc) is 2.24. The molecule has 0 aromatic heterocycles. The molecule has 0 spiro atoms. The summed E-state index contributed by atoms with van der Waals surface area (Å²) in [5, 5.41) is 2.57. The average molecular weight is 248 g/mol. The summed E-state index contributed by atoms with van der Waals surface area (Å²) in [6.07, 6.45) is 1.14. The van der Waals surface area contributed by atoms with E-state index in [1.165, 1.54) is 0 Å². The molecule has 4 nitrogen and oxygen atoms in total. The molecule has 0 aliphatic carbocycles. The Balaban J connectivity index is 2.86. The van der Waals surface area contributed by atoms with E-state index in [0.29, 0.717) is 12.3 Å². The van der Waals surface area contributed by atoms with Crippen LogP contribution in [0.2, 0.25) is 0 Å². The molecule has 1 amide bonds. The standard InChI is InChI=1S/C14H20N2O2/c1-6-7-15-14(17)18-12-8-10(2)13(16(4)5)11(3)9-12/h6,8-9H,1,7H2,2-5H3,(H,15,17). The second-order valence-electron chi connectivity index (χ2n) is 4.36. The van der Waals surface area contributed by atoms with Gasteiger partial charge in [-0.15, -0.1) is 6.58 Å². The predicted molar refractivity (Wildman–Crippen MR) is 74.5 cm³/mol. The van der Waals surface area contributed by atoms with Crippen molar-refractivity contribution < 1.29 is 9.53 Å². The van der Waals surface area contributed by atoms with Gasteiger partial charge in [-0.05, 0) is 37.1 Å².